The Morgan fingerprint density at radius 3 is 2.57 bits per heavy atom. The number of rotatable bonds is 5. The maximum absolute atomic E-state index is 11.7. The normalized spacial score (nSPS) is 24.5. The molecule has 4 N–H and O–H groups in total. The van der Waals surface area contributed by atoms with Crippen molar-refractivity contribution in [1.29, 1.82) is 0 Å². The Bertz CT molecular complexity index is 356. The van der Waals surface area contributed by atoms with Crippen molar-refractivity contribution in [3.63, 3.8) is 0 Å². The van der Waals surface area contributed by atoms with Crippen LogP contribution in [0, 0.1) is 5.92 Å². The van der Waals surface area contributed by atoms with E-state index in [0.717, 1.165) is 31.8 Å². The summed E-state index contributed by atoms with van der Waals surface area (Å²) in [5.41, 5.74) is 4.96. The minimum Gasteiger partial charge on any atom is -0.352 e. The number of amides is 3. The van der Waals surface area contributed by atoms with E-state index in [9.17, 15) is 9.59 Å². The second-order valence-electron chi connectivity index (χ2n) is 6.39. The van der Waals surface area contributed by atoms with Gasteiger partial charge >= 0.3 is 6.03 Å². The third kappa shape index (κ3) is 5.91. The molecule has 0 aromatic heterocycles. The summed E-state index contributed by atoms with van der Waals surface area (Å²) in [7, 11) is 0. The van der Waals surface area contributed by atoms with Crippen LogP contribution in [0.1, 0.15) is 44.9 Å². The van der Waals surface area contributed by atoms with E-state index in [2.05, 4.69) is 15.5 Å². The summed E-state index contributed by atoms with van der Waals surface area (Å²) >= 11 is 0. The first-order chi connectivity index (χ1) is 10.1. The molecule has 0 radical (unpaired) electrons. The molecule has 0 aromatic rings. The summed E-state index contributed by atoms with van der Waals surface area (Å²) in [5.74, 6) is 0.683. The molecule has 6 nitrogen and oxygen atoms in total. The van der Waals surface area contributed by atoms with Crippen LogP contribution in [0.4, 0.5) is 4.79 Å². The van der Waals surface area contributed by atoms with Gasteiger partial charge in [0, 0.05) is 19.1 Å². The predicted octanol–water partition coefficient (Wildman–Crippen LogP) is 0.816. The van der Waals surface area contributed by atoms with Gasteiger partial charge in [-0.1, -0.05) is 19.3 Å². The van der Waals surface area contributed by atoms with Gasteiger partial charge < -0.3 is 21.3 Å². The molecular formula is C15H28N4O2. The van der Waals surface area contributed by atoms with Gasteiger partial charge in [0.05, 0.1) is 6.54 Å². The van der Waals surface area contributed by atoms with Crippen LogP contribution in [0.25, 0.3) is 0 Å². The molecule has 2 fully saturated rings. The molecule has 0 unspecified atom stereocenters. The van der Waals surface area contributed by atoms with Crippen LogP contribution >= 0.6 is 0 Å². The number of carbonyl (C=O) groups is 2. The topological polar surface area (TPSA) is 87.5 Å². The van der Waals surface area contributed by atoms with Gasteiger partial charge in [0.15, 0.2) is 0 Å². The number of likely N-dealkylation sites (tertiary alicyclic amines) is 1. The molecule has 3 amide bonds. The van der Waals surface area contributed by atoms with Crippen molar-refractivity contribution < 1.29 is 9.59 Å². The van der Waals surface area contributed by atoms with Gasteiger partial charge in [-0.25, -0.2) is 4.79 Å². The van der Waals surface area contributed by atoms with Crippen LogP contribution in [0.3, 0.4) is 0 Å². The monoisotopic (exact) mass is 296 g/mol. The van der Waals surface area contributed by atoms with Crippen molar-refractivity contribution in [3.05, 3.63) is 0 Å². The smallest absolute Gasteiger partial charge is 0.312 e. The first-order valence-corrected chi connectivity index (χ1v) is 8.18. The first-order valence-electron chi connectivity index (χ1n) is 8.18. The van der Waals surface area contributed by atoms with Crippen molar-refractivity contribution in [2.75, 3.05) is 26.2 Å². The molecule has 1 saturated carbocycles. The van der Waals surface area contributed by atoms with Crippen molar-refractivity contribution in [2.45, 2.75) is 51.0 Å². The summed E-state index contributed by atoms with van der Waals surface area (Å²) < 4.78 is 0. The molecular weight excluding hydrogens is 268 g/mol. The maximum Gasteiger partial charge on any atom is 0.312 e. The molecule has 0 bridgehead atoms. The van der Waals surface area contributed by atoms with Crippen molar-refractivity contribution in [2.24, 2.45) is 11.7 Å². The van der Waals surface area contributed by atoms with Gasteiger partial charge in [0.2, 0.25) is 5.91 Å². The number of carbonyl (C=O) groups excluding carboxylic acids is 2. The average Bonchev–Trinajstić information content (AvgIpc) is 2.46. The van der Waals surface area contributed by atoms with E-state index in [0.29, 0.717) is 0 Å². The van der Waals surface area contributed by atoms with E-state index in [1.54, 1.807) is 0 Å². The van der Waals surface area contributed by atoms with Crippen molar-refractivity contribution >= 4 is 11.9 Å². The second kappa shape index (κ2) is 8.22. The lowest BCUT2D eigenvalue weighted by atomic mass is 9.88. The highest BCUT2D eigenvalue weighted by Gasteiger charge is 2.24. The van der Waals surface area contributed by atoms with E-state index in [-0.39, 0.29) is 18.5 Å². The largest absolute Gasteiger partial charge is 0.352 e. The lowest BCUT2D eigenvalue weighted by molar-refractivity contribution is -0.121. The Balaban J connectivity index is 1.69. The number of hydrogen-bond acceptors (Lipinski definition) is 3. The molecule has 120 valence electrons. The number of piperidine rings is 1. The Kier molecular flexibility index (Phi) is 6.29. The summed E-state index contributed by atoms with van der Waals surface area (Å²) in [6, 6.07) is -0.461. The van der Waals surface area contributed by atoms with E-state index in [1.807, 2.05) is 0 Å². The molecule has 1 aliphatic heterocycles. The summed E-state index contributed by atoms with van der Waals surface area (Å²) in [6.45, 7) is 3.21. The number of nitrogens with two attached hydrogens (primary N) is 1. The van der Waals surface area contributed by atoms with Gasteiger partial charge in [0.1, 0.15) is 0 Å². The Morgan fingerprint density at radius 2 is 1.86 bits per heavy atom. The highest BCUT2D eigenvalue weighted by molar-refractivity contribution is 5.83. The quantitative estimate of drug-likeness (QED) is 0.702. The summed E-state index contributed by atoms with van der Waals surface area (Å²) in [4.78, 5) is 24.8. The highest BCUT2D eigenvalue weighted by atomic mass is 16.2. The van der Waals surface area contributed by atoms with E-state index in [1.165, 1.54) is 38.6 Å². The number of primary amides is 1. The summed E-state index contributed by atoms with van der Waals surface area (Å²) in [5, 5.41) is 5.32. The van der Waals surface area contributed by atoms with Crippen LogP contribution in [0.15, 0.2) is 0 Å². The number of nitrogens with one attached hydrogen (secondary N) is 2. The Labute approximate surface area is 126 Å². The molecule has 1 heterocycles. The molecule has 21 heavy (non-hydrogen) atoms. The van der Waals surface area contributed by atoms with Crippen LogP contribution in [0.2, 0.25) is 0 Å². The molecule has 2 rings (SSSR count). The van der Waals surface area contributed by atoms with Gasteiger partial charge in [0.25, 0.3) is 0 Å². The zero-order valence-corrected chi connectivity index (χ0v) is 12.8. The van der Waals surface area contributed by atoms with E-state index >= 15 is 0 Å². The molecule has 1 saturated heterocycles. The highest BCUT2D eigenvalue weighted by Crippen LogP contribution is 2.25. The van der Waals surface area contributed by atoms with Crippen LogP contribution in [0.5, 0.6) is 0 Å². The zero-order valence-electron chi connectivity index (χ0n) is 12.8. The molecule has 2 aliphatic rings. The van der Waals surface area contributed by atoms with Gasteiger partial charge in [-0.05, 0) is 38.1 Å². The van der Waals surface area contributed by atoms with Gasteiger partial charge in [-0.15, -0.1) is 0 Å². The molecule has 0 aromatic carbocycles. The van der Waals surface area contributed by atoms with Crippen molar-refractivity contribution in [3.8, 4) is 0 Å². The maximum atomic E-state index is 11.7. The second-order valence-corrected chi connectivity index (χ2v) is 6.39. The minimum atomic E-state index is -0.660. The minimum absolute atomic E-state index is 0.0333. The fourth-order valence-electron chi connectivity index (χ4n) is 3.52. The number of urea groups is 1. The van der Waals surface area contributed by atoms with Crippen LogP contribution < -0.4 is 16.4 Å². The Hall–Kier alpha value is -1.30. The SMILES string of the molecule is NC(=O)NCC(=O)N[C@H]1CCCN(CC2CCCCC2)C1. The zero-order chi connectivity index (χ0) is 15.1. The van der Waals surface area contributed by atoms with Gasteiger partial charge in [-0.3, -0.25) is 4.79 Å². The fourth-order valence-corrected chi connectivity index (χ4v) is 3.52. The average molecular weight is 296 g/mol. The lowest BCUT2D eigenvalue weighted by Crippen LogP contribution is -2.51. The standard InChI is InChI=1S/C15H28N4O2/c16-15(21)17-9-14(20)18-13-7-4-8-19(11-13)10-12-5-2-1-3-6-12/h12-13H,1-11H2,(H,18,20)(H3,16,17,21)/t13-/m0/s1. The van der Waals surface area contributed by atoms with E-state index in [4.69, 9.17) is 5.73 Å². The van der Waals surface area contributed by atoms with Crippen LogP contribution in [-0.4, -0.2) is 49.1 Å². The van der Waals surface area contributed by atoms with Crippen molar-refractivity contribution in [1.82, 2.24) is 15.5 Å². The predicted molar refractivity (Wildman–Crippen MR) is 81.8 cm³/mol. The Morgan fingerprint density at radius 1 is 1.10 bits per heavy atom. The molecule has 1 atom stereocenters. The fraction of sp³-hybridized carbons (Fsp3) is 0.867. The van der Waals surface area contributed by atoms with E-state index < -0.39 is 6.03 Å². The first kappa shape index (κ1) is 16.1. The van der Waals surface area contributed by atoms with Crippen LogP contribution in [-0.2, 0) is 4.79 Å². The third-order valence-electron chi connectivity index (χ3n) is 4.53. The number of hydrogen-bond donors (Lipinski definition) is 3. The number of nitrogens with zero attached hydrogens (tertiary/aromatic N) is 1. The van der Waals surface area contributed by atoms with Gasteiger partial charge in [-0.2, -0.15) is 0 Å². The lowest BCUT2D eigenvalue weighted by Gasteiger charge is -2.36. The molecule has 6 heteroatoms. The molecule has 0 spiro atoms. The third-order valence-corrected chi connectivity index (χ3v) is 4.53. The summed E-state index contributed by atoms with van der Waals surface area (Å²) in [6.07, 6.45) is 8.99. The molecule has 1 aliphatic carbocycles.